The van der Waals surface area contributed by atoms with Gasteiger partial charge in [0.05, 0.1) is 25.8 Å². The molecule has 0 saturated carbocycles. The van der Waals surface area contributed by atoms with Crippen LogP contribution in [0.1, 0.15) is 92.1 Å². The van der Waals surface area contributed by atoms with E-state index in [0.717, 1.165) is 18.4 Å². The van der Waals surface area contributed by atoms with Gasteiger partial charge in [0.15, 0.2) is 11.6 Å². The molecule has 1 aliphatic rings. The molecule has 0 aromatic heterocycles. The smallest absolute Gasteiger partial charge is 0.224 e. The van der Waals surface area contributed by atoms with Gasteiger partial charge < -0.3 is 10.1 Å². The zero-order valence-corrected chi connectivity index (χ0v) is 27.3. The van der Waals surface area contributed by atoms with E-state index in [1.54, 1.807) is 0 Å². The molecule has 1 aromatic rings. The van der Waals surface area contributed by atoms with Crippen LogP contribution in [0.15, 0.2) is 30.3 Å². The van der Waals surface area contributed by atoms with Gasteiger partial charge in [0.2, 0.25) is 11.7 Å². The van der Waals surface area contributed by atoms with Gasteiger partial charge >= 0.3 is 0 Å². The number of rotatable bonds is 19. The van der Waals surface area contributed by atoms with E-state index < -0.39 is 34.9 Å². The summed E-state index contributed by atoms with van der Waals surface area (Å²) in [5, 5.41) is 2.97. The molecule has 1 amide bonds. The first-order valence-corrected chi connectivity index (χ1v) is 16.1. The molecule has 1 fully saturated rings. The fraction of sp³-hybridized carbons (Fsp3) is 0.686. The van der Waals surface area contributed by atoms with E-state index in [4.69, 9.17) is 4.74 Å². The molecule has 0 bridgehead atoms. The predicted molar refractivity (Wildman–Crippen MR) is 169 cm³/mol. The van der Waals surface area contributed by atoms with Gasteiger partial charge in [-0.1, -0.05) is 84.7 Å². The summed E-state index contributed by atoms with van der Waals surface area (Å²) in [4.78, 5) is 68.6. The summed E-state index contributed by atoms with van der Waals surface area (Å²) in [7, 11) is 0. The van der Waals surface area contributed by atoms with Crippen LogP contribution in [0.4, 0.5) is 0 Å². The van der Waals surface area contributed by atoms with E-state index in [2.05, 4.69) is 5.32 Å². The van der Waals surface area contributed by atoms with Crippen molar-refractivity contribution in [2.24, 2.45) is 23.2 Å². The van der Waals surface area contributed by atoms with E-state index in [1.807, 2.05) is 76.8 Å². The maximum atomic E-state index is 13.7. The Morgan fingerprint density at radius 3 is 2.21 bits per heavy atom. The number of aryl methyl sites for hydroxylation is 1. The number of nitrogens with zero attached hydrogens (tertiary/aromatic N) is 1. The highest BCUT2D eigenvalue weighted by Crippen LogP contribution is 2.30. The number of hydrogen-bond acceptors (Lipinski definition) is 7. The van der Waals surface area contributed by atoms with Crippen molar-refractivity contribution < 1.29 is 28.7 Å². The number of nitrogens with one attached hydrogen (secondary N) is 1. The zero-order chi connectivity index (χ0) is 32.0. The molecule has 43 heavy (non-hydrogen) atoms. The molecule has 1 aromatic carbocycles. The van der Waals surface area contributed by atoms with E-state index in [-0.39, 0.29) is 49.2 Å². The third kappa shape index (κ3) is 13.2. The minimum atomic E-state index is -0.789. The molecule has 0 spiro atoms. The van der Waals surface area contributed by atoms with Crippen LogP contribution in [0.5, 0.6) is 0 Å². The van der Waals surface area contributed by atoms with Crippen molar-refractivity contribution in [3.8, 4) is 0 Å². The van der Waals surface area contributed by atoms with Gasteiger partial charge in [-0.15, -0.1) is 0 Å². The van der Waals surface area contributed by atoms with Crippen LogP contribution < -0.4 is 5.32 Å². The Kier molecular flexibility index (Phi) is 15.4. The molecule has 2 rings (SSSR count). The Morgan fingerprint density at radius 1 is 0.977 bits per heavy atom. The minimum absolute atomic E-state index is 0.0112. The van der Waals surface area contributed by atoms with Crippen LogP contribution in [0, 0.1) is 23.2 Å². The average Bonchev–Trinajstić information content (AvgIpc) is 2.96. The second-order valence-electron chi connectivity index (χ2n) is 13.5. The summed E-state index contributed by atoms with van der Waals surface area (Å²) < 4.78 is 5.37. The van der Waals surface area contributed by atoms with Crippen LogP contribution in [0.2, 0.25) is 0 Å². The molecule has 8 nitrogen and oxygen atoms in total. The van der Waals surface area contributed by atoms with Gasteiger partial charge in [0.1, 0.15) is 5.78 Å². The number of hydrogen-bond donors (Lipinski definition) is 1. The van der Waals surface area contributed by atoms with Crippen LogP contribution in [0.25, 0.3) is 0 Å². The summed E-state index contributed by atoms with van der Waals surface area (Å²) in [5.41, 5.74) is 0.488. The predicted octanol–water partition coefficient (Wildman–Crippen LogP) is 5.01. The number of unbranched alkanes of at least 4 members (excludes halogenated alkanes) is 1. The van der Waals surface area contributed by atoms with E-state index in [0.29, 0.717) is 45.6 Å². The monoisotopic (exact) mass is 598 g/mol. The Labute approximate surface area is 258 Å². The molecule has 1 saturated heterocycles. The van der Waals surface area contributed by atoms with Crippen molar-refractivity contribution in [2.45, 2.75) is 99.0 Å². The third-order valence-corrected chi connectivity index (χ3v) is 8.19. The van der Waals surface area contributed by atoms with Crippen LogP contribution in [-0.2, 0) is 35.1 Å². The van der Waals surface area contributed by atoms with Gasteiger partial charge in [-0.25, -0.2) is 0 Å². The SMILES string of the molecule is CCCC[C@H](CC(=O)[C@H](CC(C)C)NC(=O)[C@@H](CC(=O)CN1CCOCC1)C(C)(C)C)C(=O)C(=O)CCc1ccccc1. The molecule has 240 valence electrons. The lowest BCUT2D eigenvalue weighted by Gasteiger charge is -2.32. The highest BCUT2D eigenvalue weighted by Gasteiger charge is 2.37. The number of morpholine rings is 1. The number of ether oxygens (including phenoxy) is 1. The van der Waals surface area contributed by atoms with Crippen LogP contribution in [-0.4, -0.2) is 72.8 Å². The molecule has 0 aliphatic carbocycles. The van der Waals surface area contributed by atoms with Crippen molar-refractivity contribution >= 4 is 29.0 Å². The maximum Gasteiger partial charge on any atom is 0.224 e. The van der Waals surface area contributed by atoms with E-state index in [9.17, 15) is 24.0 Å². The van der Waals surface area contributed by atoms with E-state index in [1.165, 1.54) is 0 Å². The van der Waals surface area contributed by atoms with Gasteiger partial charge in [-0.2, -0.15) is 0 Å². The summed E-state index contributed by atoms with van der Waals surface area (Å²) in [6.45, 7) is 14.6. The maximum absolute atomic E-state index is 13.7. The number of Topliss-reactive ketones (excluding diaryl/α,β-unsaturated/α-hetero) is 4. The standard InChI is InChI=1S/C35H54N2O6/c1-7-8-14-27(33(41)31(39)16-15-26-12-10-9-11-13-26)22-32(40)30(21-25(2)3)36-34(42)29(35(4,5)6)23-28(38)24-37-17-19-43-20-18-37/h9-13,25,27,29-30H,7-8,14-24H2,1-6H3,(H,36,42)/t27-,29-,30+/m1/s1. The minimum Gasteiger partial charge on any atom is -0.379 e. The lowest BCUT2D eigenvalue weighted by Crippen LogP contribution is -2.49. The molecular formula is C35H54N2O6. The summed E-state index contributed by atoms with van der Waals surface area (Å²) >= 11 is 0. The zero-order valence-electron chi connectivity index (χ0n) is 27.3. The molecule has 1 heterocycles. The quantitative estimate of drug-likeness (QED) is 0.223. The molecular weight excluding hydrogens is 544 g/mol. The van der Waals surface area contributed by atoms with Gasteiger partial charge in [-0.05, 0) is 36.2 Å². The lowest BCUT2D eigenvalue weighted by molar-refractivity contribution is -0.141. The van der Waals surface area contributed by atoms with Crippen molar-refractivity contribution in [1.82, 2.24) is 10.2 Å². The summed E-state index contributed by atoms with van der Waals surface area (Å²) in [6, 6.07) is 8.77. The van der Waals surface area contributed by atoms with Crippen LogP contribution in [0.3, 0.4) is 0 Å². The van der Waals surface area contributed by atoms with Crippen LogP contribution >= 0.6 is 0 Å². The van der Waals surface area contributed by atoms with Crippen molar-refractivity contribution in [3.05, 3.63) is 35.9 Å². The molecule has 0 radical (unpaired) electrons. The average molecular weight is 599 g/mol. The molecule has 1 aliphatic heterocycles. The van der Waals surface area contributed by atoms with Gasteiger partial charge in [-0.3, -0.25) is 28.9 Å². The number of ketones is 4. The Bertz CT molecular complexity index is 1060. The first-order valence-electron chi connectivity index (χ1n) is 16.1. The number of amides is 1. The normalized spacial score (nSPS) is 16.3. The highest BCUT2D eigenvalue weighted by molar-refractivity contribution is 6.38. The topological polar surface area (TPSA) is 110 Å². The van der Waals surface area contributed by atoms with Crippen molar-refractivity contribution in [3.63, 3.8) is 0 Å². The first-order chi connectivity index (χ1) is 20.3. The Hall–Kier alpha value is -2.71. The van der Waals surface area contributed by atoms with Crippen molar-refractivity contribution in [2.75, 3.05) is 32.8 Å². The number of benzene rings is 1. The van der Waals surface area contributed by atoms with Gasteiger partial charge in [0, 0.05) is 44.2 Å². The largest absolute Gasteiger partial charge is 0.379 e. The summed E-state index contributed by atoms with van der Waals surface area (Å²) in [6.07, 6.45) is 3.04. The Morgan fingerprint density at radius 2 is 1.63 bits per heavy atom. The van der Waals surface area contributed by atoms with E-state index >= 15 is 0 Å². The third-order valence-electron chi connectivity index (χ3n) is 8.19. The fourth-order valence-corrected chi connectivity index (χ4v) is 5.52. The molecule has 1 N–H and O–H groups in total. The summed E-state index contributed by atoms with van der Waals surface area (Å²) in [5.74, 6) is -2.71. The Balaban J connectivity index is 2.12. The van der Waals surface area contributed by atoms with Crippen molar-refractivity contribution in [1.29, 1.82) is 0 Å². The highest BCUT2D eigenvalue weighted by atomic mass is 16.5. The molecule has 0 unspecified atom stereocenters. The molecule has 3 atom stereocenters. The second kappa shape index (κ2) is 18.2. The fourth-order valence-electron chi connectivity index (χ4n) is 5.52. The van der Waals surface area contributed by atoms with Gasteiger partial charge in [0.25, 0.3) is 0 Å². The lowest BCUT2D eigenvalue weighted by atomic mass is 9.76. The number of carbonyl (C=O) groups is 5. The first kappa shape index (κ1) is 36.5. The second-order valence-corrected chi connectivity index (χ2v) is 13.5. The number of carbonyl (C=O) groups excluding carboxylic acids is 5. The molecule has 8 heteroatoms.